The van der Waals surface area contributed by atoms with Crippen molar-refractivity contribution in [3.63, 3.8) is 0 Å². The molecule has 1 rings (SSSR count). The monoisotopic (exact) mass is 616 g/mol. The second kappa shape index (κ2) is 17.3. The average Bonchev–Trinajstić information content (AvgIpc) is 3.45. The van der Waals surface area contributed by atoms with E-state index in [4.69, 9.17) is 10.8 Å². The number of likely N-dealkylation sites (tertiary alicyclic amines) is 1. The number of carbonyl (C=O) groups is 7. The number of hydrogen-bond acceptors (Lipinski definition) is 10. The smallest absolute Gasteiger partial charge is 0.326 e. The van der Waals surface area contributed by atoms with Gasteiger partial charge in [0.25, 0.3) is 0 Å². The molecule has 1 heterocycles. The Morgan fingerprint density at radius 1 is 0.884 bits per heavy atom. The van der Waals surface area contributed by atoms with E-state index in [9.17, 15) is 48.9 Å². The van der Waals surface area contributed by atoms with Gasteiger partial charge in [-0.2, -0.15) is 0 Å². The van der Waals surface area contributed by atoms with Gasteiger partial charge in [0, 0.05) is 13.0 Å². The number of nitrogens with two attached hydrogens (primary N) is 1. The van der Waals surface area contributed by atoms with Gasteiger partial charge in [-0.05, 0) is 39.0 Å². The summed E-state index contributed by atoms with van der Waals surface area (Å²) in [6, 6.07) is -7.86. The summed E-state index contributed by atoms with van der Waals surface area (Å²) in [6.07, 6.45) is -0.844. The molecule has 244 valence electrons. The summed E-state index contributed by atoms with van der Waals surface area (Å²) in [5, 5.41) is 47.2. The Balaban J connectivity index is 2.88. The fraction of sp³-hybridized carbons (Fsp3) is 0.731. The molecule has 0 aromatic carbocycles. The minimum Gasteiger partial charge on any atom is -0.481 e. The number of hydrogen-bond donors (Lipinski definition) is 9. The fourth-order valence-electron chi connectivity index (χ4n) is 4.34. The zero-order chi connectivity index (χ0) is 33.0. The highest BCUT2D eigenvalue weighted by molar-refractivity contribution is 5.96. The van der Waals surface area contributed by atoms with E-state index in [-0.39, 0.29) is 19.4 Å². The van der Waals surface area contributed by atoms with Crippen LogP contribution in [0.25, 0.3) is 0 Å². The van der Waals surface area contributed by atoms with Gasteiger partial charge in [0.1, 0.15) is 30.2 Å². The number of rotatable bonds is 17. The zero-order valence-electron chi connectivity index (χ0n) is 24.7. The topological polar surface area (TPSA) is 278 Å². The van der Waals surface area contributed by atoms with Gasteiger partial charge >= 0.3 is 11.9 Å². The van der Waals surface area contributed by atoms with Crippen LogP contribution in [-0.2, 0) is 33.6 Å². The number of aliphatic hydroxyl groups is 2. The first-order valence-electron chi connectivity index (χ1n) is 14.1. The van der Waals surface area contributed by atoms with Crippen LogP contribution in [0.4, 0.5) is 0 Å². The Hall–Kier alpha value is -3.83. The van der Waals surface area contributed by atoms with Gasteiger partial charge in [-0.15, -0.1) is 0 Å². The lowest BCUT2D eigenvalue weighted by atomic mass is 9.97. The van der Waals surface area contributed by atoms with Gasteiger partial charge in [-0.3, -0.25) is 28.8 Å². The second-order valence-corrected chi connectivity index (χ2v) is 10.6. The van der Waals surface area contributed by atoms with Gasteiger partial charge in [0.05, 0.1) is 18.8 Å². The van der Waals surface area contributed by atoms with Crippen LogP contribution < -0.4 is 27.0 Å². The number of carboxylic acid groups (broad SMARTS) is 2. The summed E-state index contributed by atoms with van der Waals surface area (Å²) >= 11 is 0. The van der Waals surface area contributed by atoms with E-state index in [0.29, 0.717) is 12.8 Å². The third-order valence-electron chi connectivity index (χ3n) is 7.23. The molecule has 0 saturated carbocycles. The van der Waals surface area contributed by atoms with Gasteiger partial charge in [0.15, 0.2) is 0 Å². The normalized spacial score (nSPS) is 19.5. The Labute approximate surface area is 248 Å². The van der Waals surface area contributed by atoms with Crippen LogP contribution in [0.1, 0.15) is 59.8 Å². The van der Waals surface area contributed by atoms with Crippen LogP contribution >= 0.6 is 0 Å². The Morgan fingerprint density at radius 3 is 2.00 bits per heavy atom. The third-order valence-corrected chi connectivity index (χ3v) is 7.23. The first-order chi connectivity index (χ1) is 20.0. The van der Waals surface area contributed by atoms with Gasteiger partial charge in [0.2, 0.25) is 29.5 Å². The van der Waals surface area contributed by atoms with Crippen LogP contribution in [0.15, 0.2) is 0 Å². The average molecular weight is 617 g/mol. The van der Waals surface area contributed by atoms with Crippen LogP contribution in [0.5, 0.6) is 0 Å². The summed E-state index contributed by atoms with van der Waals surface area (Å²) in [5.74, 6) is -7.06. The maximum atomic E-state index is 13.2. The molecule has 0 spiro atoms. The van der Waals surface area contributed by atoms with E-state index in [0.717, 1.165) is 0 Å². The van der Waals surface area contributed by atoms with E-state index < -0.39 is 103 Å². The molecule has 10 N–H and O–H groups in total. The minimum atomic E-state index is -1.56. The quantitative estimate of drug-likeness (QED) is 0.0774. The number of carbonyl (C=O) groups excluding carboxylic acids is 5. The maximum absolute atomic E-state index is 13.2. The zero-order valence-corrected chi connectivity index (χ0v) is 24.7. The van der Waals surface area contributed by atoms with Gasteiger partial charge in [-0.1, -0.05) is 20.3 Å². The molecule has 0 aliphatic carbocycles. The number of aliphatic carboxylic acids is 2. The van der Waals surface area contributed by atoms with Crippen molar-refractivity contribution in [2.75, 3.05) is 13.2 Å². The van der Waals surface area contributed by atoms with E-state index in [2.05, 4.69) is 21.3 Å². The van der Waals surface area contributed by atoms with Crippen molar-refractivity contribution in [2.45, 2.75) is 102 Å². The number of nitrogens with zero attached hydrogens (tertiary/aromatic N) is 1. The number of amides is 5. The molecule has 0 bridgehead atoms. The molecule has 0 aromatic heterocycles. The summed E-state index contributed by atoms with van der Waals surface area (Å²) in [7, 11) is 0. The summed E-state index contributed by atoms with van der Waals surface area (Å²) in [5.41, 5.74) is 5.63. The molecule has 0 unspecified atom stereocenters. The molecule has 17 nitrogen and oxygen atoms in total. The molecule has 43 heavy (non-hydrogen) atoms. The summed E-state index contributed by atoms with van der Waals surface area (Å²) < 4.78 is 0. The molecular formula is C26H44N6O11. The first kappa shape index (κ1) is 37.2. The third kappa shape index (κ3) is 11.1. The Kier molecular flexibility index (Phi) is 15.0. The maximum Gasteiger partial charge on any atom is 0.326 e. The Morgan fingerprint density at radius 2 is 1.49 bits per heavy atom. The lowest BCUT2D eigenvalue weighted by molar-refractivity contribution is -0.150. The Bertz CT molecular complexity index is 1040. The lowest BCUT2D eigenvalue weighted by Crippen LogP contribution is -2.61. The van der Waals surface area contributed by atoms with Crippen LogP contribution in [-0.4, -0.2) is 122 Å². The predicted molar refractivity (Wildman–Crippen MR) is 149 cm³/mol. The largest absolute Gasteiger partial charge is 0.481 e. The lowest BCUT2D eigenvalue weighted by Gasteiger charge is -2.31. The summed E-state index contributed by atoms with van der Waals surface area (Å²) in [6.45, 7) is 5.23. The number of aliphatic hydroxyl groups excluding tert-OH is 2. The first-order valence-corrected chi connectivity index (χ1v) is 14.1. The summed E-state index contributed by atoms with van der Waals surface area (Å²) in [4.78, 5) is 87.5. The molecule has 1 aliphatic rings. The molecule has 1 aliphatic heterocycles. The molecule has 5 amide bonds. The molecular weight excluding hydrogens is 572 g/mol. The van der Waals surface area contributed by atoms with Crippen molar-refractivity contribution in [3.05, 3.63) is 0 Å². The highest BCUT2D eigenvalue weighted by Crippen LogP contribution is 2.21. The molecule has 8 atom stereocenters. The molecule has 1 fully saturated rings. The van der Waals surface area contributed by atoms with Crippen molar-refractivity contribution in [1.29, 1.82) is 0 Å². The van der Waals surface area contributed by atoms with Crippen molar-refractivity contribution >= 4 is 41.5 Å². The highest BCUT2D eigenvalue weighted by atomic mass is 16.4. The van der Waals surface area contributed by atoms with Crippen molar-refractivity contribution in [1.82, 2.24) is 26.2 Å². The second-order valence-electron chi connectivity index (χ2n) is 10.6. The van der Waals surface area contributed by atoms with Crippen LogP contribution in [0.3, 0.4) is 0 Å². The van der Waals surface area contributed by atoms with E-state index >= 15 is 0 Å². The van der Waals surface area contributed by atoms with Crippen molar-refractivity contribution in [3.8, 4) is 0 Å². The fourth-order valence-corrected chi connectivity index (χ4v) is 4.34. The molecule has 0 radical (unpaired) electrons. The van der Waals surface area contributed by atoms with Crippen molar-refractivity contribution in [2.24, 2.45) is 11.7 Å². The van der Waals surface area contributed by atoms with E-state index in [1.165, 1.54) is 18.7 Å². The van der Waals surface area contributed by atoms with Crippen LogP contribution in [0.2, 0.25) is 0 Å². The number of carboxylic acids is 2. The molecule has 1 saturated heterocycles. The van der Waals surface area contributed by atoms with E-state index in [1.807, 2.05) is 0 Å². The predicted octanol–water partition coefficient (Wildman–Crippen LogP) is -3.37. The van der Waals surface area contributed by atoms with Gasteiger partial charge < -0.3 is 52.3 Å². The van der Waals surface area contributed by atoms with Crippen molar-refractivity contribution < 1.29 is 54.0 Å². The minimum absolute atomic E-state index is 0.207. The molecule has 0 aromatic rings. The van der Waals surface area contributed by atoms with Crippen LogP contribution in [0, 0.1) is 5.92 Å². The SMILES string of the molecule is CC[C@H](C)[C@H](NC(=O)[C@H](CO)NC(=O)[C@H](C)NC(=O)[C@@H](NC(=O)[C@@H](N)CCC(=O)O)[C@@H](C)O)C(=O)N1CCC[C@H]1C(=O)O. The number of nitrogens with one attached hydrogen (secondary N) is 4. The standard InChI is InChI=1S/C26H44N6O11/c1-5-12(2)19(25(41)32-10-6-7-17(32)26(42)43)30-23(39)16(11-33)29-21(37)13(3)28-24(40)20(14(4)34)31-22(38)15(27)8-9-18(35)36/h12-17,19-20,33-34H,5-11,27H2,1-4H3,(H,28,40)(H,29,37)(H,30,39)(H,31,38)(H,35,36)(H,42,43)/t12-,13-,14+,15-,16-,17-,19-,20-/m0/s1. The van der Waals surface area contributed by atoms with E-state index in [1.54, 1.807) is 13.8 Å². The van der Waals surface area contributed by atoms with Gasteiger partial charge in [-0.25, -0.2) is 4.79 Å². The highest BCUT2D eigenvalue weighted by Gasteiger charge is 2.40. The molecule has 17 heteroatoms.